The molecule has 2 aromatic carbocycles. The summed E-state index contributed by atoms with van der Waals surface area (Å²) in [5.74, 6) is 2.52. The molecule has 0 fully saturated rings. The number of thioether (sulfide) groups is 1. The highest BCUT2D eigenvalue weighted by molar-refractivity contribution is 9.10. The second-order valence-corrected chi connectivity index (χ2v) is 7.27. The van der Waals surface area contributed by atoms with Gasteiger partial charge in [0.15, 0.2) is 11.5 Å². The smallest absolute Gasteiger partial charge is 0.230 e. The van der Waals surface area contributed by atoms with Gasteiger partial charge in [-0.15, -0.1) is 11.8 Å². The van der Waals surface area contributed by atoms with Crippen molar-refractivity contribution in [2.45, 2.75) is 11.3 Å². The Kier molecular flexibility index (Phi) is 8.12. The topological polar surface area (TPSA) is 56.8 Å². The molecule has 0 aliphatic rings. The third-order valence-corrected chi connectivity index (χ3v) is 5.45. The monoisotopic (exact) mass is 439 g/mol. The molecule has 0 aromatic heterocycles. The van der Waals surface area contributed by atoms with E-state index in [1.54, 1.807) is 21.3 Å². The summed E-state index contributed by atoms with van der Waals surface area (Å²) in [4.78, 5) is 13.1. The van der Waals surface area contributed by atoms with E-state index in [0.717, 1.165) is 20.7 Å². The van der Waals surface area contributed by atoms with Crippen molar-refractivity contribution in [1.29, 1.82) is 0 Å². The number of benzene rings is 2. The van der Waals surface area contributed by atoms with Crippen LogP contribution in [0.5, 0.6) is 17.2 Å². The molecule has 0 atom stereocenters. The summed E-state index contributed by atoms with van der Waals surface area (Å²) in [5.41, 5.74) is 1.05. The van der Waals surface area contributed by atoms with Gasteiger partial charge in [0.25, 0.3) is 0 Å². The maximum atomic E-state index is 12.0. The Labute approximate surface area is 166 Å². The van der Waals surface area contributed by atoms with Crippen LogP contribution in [0, 0.1) is 0 Å². The first-order chi connectivity index (χ1) is 12.6. The van der Waals surface area contributed by atoms with E-state index in [1.807, 2.05) is 36.4 Å². The minimum atomic E-state index is 0.00224. The lowest BCUT2D eigenvalue weighted by atomic mass is 10.1. The Bertz CT molecular complexity index is 737. The summed E-state index contributed by atoms with van der Waals surface area (Å²) in [6.45, 7) is 0.552. The van der Waals surface area contributed by atoms with Crippen molar-refractivity contribution < 1.29 is 19.0 Å². The number of hydrogen-bond acceptors (Lipinski definition) is 5. The van der Waals surface area contributed by atoms with Gasteiger partial charge in [0, 0.05) is 15.9 Å². The maximum absolute atomic E-state index is 12.0. The summed E-state index contributed by atoms with van der Waals surface area (Å²) in [6, 6.07) is 11.4. The highest BCUT2D eigenvalue weighted by Gasteiger charge is 2.10. The summed E-state index contributed by atoms with van der Waals surface area (Å²) in [6.07, 6.45) is 0.694. The van der Waals surface area contributed by atoms with Crippen molar-refractivity contribution in [3.63, 3.8) is 0 Å². The molecular weight excluding hydrogens is 418 g/mol. The lowest BCUT2D eigenvalue weighted by Gasteiger charge is -2.12. The van der Waals surface area contributed by atoms with Crippen molar-refractivity contribution in [1.82, 2.24) is 5.32 Å². The Morgan fingerprint density at radius 2 is 1.69 bits per heavy atom. The molecule has 1 N–H and O–H groups in total. The number of carbonyl (C=O) groups excluding carboxylic acids is 1. The zero-order valence-electron chi connectivity index (χ0n) is 15.0. The Hall–Kier alpha value is -1.86. The number of halogens is 1. The fourth-order valence-electron chi connectivity index (χ4n) is 2.30. The van der Waals surface area contributed by atoms with E-state index in [-0.39, 0.29) is 5.91 Å². The van der Waals surface area contributed by atoms with E-state index in [4.69, 9.17) is 14.2 Å². The number of ether oxygens (including phenoxy) is 3. The Morgan fingerprint density at radius 1 is 1.04 bits per heavy atom. The lowest BCUT2D eigenvalue weighted by molar-refractivity contribution is -0.118. The molecule has 5 nitrogen and oxygen atoms in total. The second-order valence-electron chi connectivity index (χ2n) is 5.36. The molecule has 0 bridgehead atoms. The van der Waals surface area contributed by atoms with Crippen LogP contribution in [-0.4, -0.2) is 39.5 Å². The maximum Gasteiger partial charge on any atom is 0.230 e. The normalized spacial score (nSPS) is 10.3. The van der Waals surface area contributed by atoms with E-state index in [9.17, 15) is 4.79 Å². The molecular formula is C19H22BrNO4S. The van der Waals surface area contributed by atoms with Gasteiger partial charge in [0.05, 0.1) is 27.1 Å². The van der Waals surface area contributed by atoms with Gasteiger partial charge in [-0.1, -0.05) is 15.9 Å². The molecule has 140 valence electrons. The van der Waals surface area contributed by atoms with Crippen molar-refractivity contribution in [2.75, 3.05) is 33.6 Å². The number of amides is 1. The molecule has 0 radical (unpaired) electrons. The third kappa shape index (κ3) is 5.85. The molecule has 26 heavy (non-hydrogen) atoms. The van der Waals surface area contributed by atoms with E-state index in [2.05, 4.69) is 21.2 Å². The molecule has 7 heteroatoms. The van der Waals surface area contributed by atoms with Gasteiger partial charge in [-0.2, -0.15) is 0 Å². The van der Waals surface area contributed by atoms with Crippen LogP contribution in [0.25, 0.3) is 0 Å². The van der Waals surface area contributed by atoms with E-state index >= 15 is 0 Å². The van der Waals surface area contributed by atoms with Crippen molar-refractivity contribution in [3.8, 4) is 17.2 Å². The molecule has 0 aliphatic carbocycles. The number of carbonyl (C=O) groups is 1. The van der Waals surface area contributed by atoms with E-state index in [1.165, 1.54) is 11.8 Å². The lowest BCUT2D eigenvalue weighted by Crippen LogP contribution is -2.27. The molecule has 0 saturated carbocycles. The van der Waals surface area contributed by atoms with Crippen molar-refractivity contribution >= 4 is 33.6 Å². The summed E-state index contributed by atoms with van der Waals surface area (Å²) < 4.78 is 16.6. The van der Waals surface area contributed by atoms with Crippen LogP contribution in [-0.2, 0) is 11.2 Å². The van der Waals surface area contributed by atoms with Crippen LogP contribution >= 0.6 is 27.7 Å². The quantitative estimate of drug-likeness (QED) is 0.599. The van der Waals surface area contributed by atoms with Crippen LogP contribution in [0.3, 0.4) is 0 Å². The summed E-state index contributed by atoms with van der Waals surface area (Å²) in [5, 5.41) is 2.94. The molecule has 0 heterocycles. The van der Waals surface area contributed by atoms with Crippen LogP contribution in [0.15, 0.2) is 45.8 Å². The van der Waals surface area contributed by atoms with Gasteiger partial charge >= 0.3 is 0 Å². The van der Waals surface area contributed by atoms with Gasteiger partial charge in [0.2, 0.25) is 5.91 Å². The molecule has 2 rings (SSSR count). The van der Waals surface area contributed by atoms with Crippen molar-refractivity contribution in [2.24, 2.45) is 0 Å². The Balaban J connectivity index is 1.80. The molecule has 0 spiro atoms. The first-order valence-electron chi connectivity index (χ1n) is 8.01. The number of hydrogen-bond donors (Lipinski definition) is 1. The van der Waals surface area contributed by atoms with Gasteiger partial charge in [0.1, 0.15) is 5.75 Å². The number of rotatable bonds is 9. The fourth-order valence-corrected chi connectivity index (χ4v) is 3.55. The minimum Gasteiger partial charge on any atom is -0.497 e. The number of nitrogens with one attached hydrogen (secondary N) is 1. The first-order valence-corrected chi connectivity index (χ1v) is 9.79. The molecule has 0 unspecified atom stereocenters. The van der Waals surface area contributed by atoms with Gasteiger partial charge in [-0.05, 0) is 48.4 Å². The number of methoxy groups -OCH3 is 3. The molecule has 2 aromatic rings. The van der Waals surface area contributed by atoms with Gasteiger partial charge in [-0.3, -0.25) is 4.79 Å². The zero-order chi connectivity index (χ0) is 18.9. The van der Waals surface area contributed by atoms with Gasteiger partial charge < -0.3 is 19.5 Å². The van der Waals surface area contributed by atoms with Crippen LogP contribution in [0.1, 0.15) is 5.56 Å². The predicted octanol–water partition coefficient (Wildman–Crippen LogP) is 3.93. The third-order valence-electron chi connectivity index (χ3n) is 3.70. The fraction of sp³-hybridized carbons (Fsp3) is 0.316. The molecule has 0 saturated heterocycles. The first kappa shape index (κ1) is 20.5. The van der Waals surface area contributed by atoms with Crippen LogP contribution in [0.2, 0.25) is 0 Å². The predicted molar refractivity (Wildman–Crippen MR) is 108 cm³/mol. The highest BCUT2D eigenvalue weighted by Crippen LogP contribution is 2.33. The van der Waals surface area contributed by atoms with Crippen LogP contribution < -0.4 is 19.5 Å². The van der Waals surface area contributed by atoms with Gasteiger partial charge in [-0.25, -0.2) is 0 Å². The summed E-state index contributed by atoms with van der Waals surface area (Å²) in [7, 11) is 4.84. The highest BCUT2D eigenvalue weighted by atomic mass is 79.9. The average Bonchev–Trinajstić information content (AvgIpc) is 2.67. The van der Waals surface area contributed by atoms with Crippen LogP contribution in [0.4, 0.5) is 0 Å². The van der Waals surface area contributed by atoms with E-state index in [0.29, 0.717) is 30.2 Å². The minimum absolute atomic E-state index is 0.00224. The molecule has 0 aliphatic heterocycles. The standard InChI is InChI=1S/C19H22BrNO4S/c1-23-14-4-6-15(7-5-14)26-12-19(22)21-9-8-13-10-17(24-2)18(25-3)11-16(13)20/h4-7,10-11H,8-9,12H2,1-3H3,(H,21,22). The zero-order valence-corrected chi connectivity index (χ0v) is 17.4. The second kappa shape index (κ2) is 10.3. The molecule has 1 amide bonds. The van der Waals surface area contributed by atoms with E-state index < -0.39 is 0 Å². The average molecular weight is 440 g/mol. The Morgan fingerprint density at radius 3 is 2.31 bits per heavy atom. The summed E-state index contributed by atoms with van der Waals surface area (Å²) >= 11 is 5.02. The SMILES string of the molecule is COc1ccc(SCC(=O)NCCc2cc(OC)c(OC)cc2Br)cc1. The largest absolute Gasteiger partial charge is 0.497 e. The van der Waals surface area contributed by atoms with Crippen molar-refractivity contribution in [3.05, 3.63) is 46.4 Å².